The molecule has 1 atom stereocenters. The van der Waals surface area contributed by atoms with Crippen molar-refractivity contribution in [1.29, 1.82) is 0 Å². The number of hydrogen-bond donors (Lipinski definition) is 1. The van der Waals surface area contributed by atoms with E-state index in [1.165, 1.54) is 9.88 Å². The van der Waals surface area contributed by atoms with Gasteiger partial charge in [-0.25, -0.2) is 4.98 Å². The summed E-state index contributed by atoms with van der Waals surface area (Å²) in [6.07, 6.45) is 2.99. The number of aromatic nitrogens is 3. The molecule has 116 valence electrons. The van der Waals surface area contributed by atoms with E-state index in [0.717, 1.165) is 23.5 Å². The normalized spacial score (nSPS) is 13.5. The second-order valence-corrected chi connectivity index (χ2v) is 7.63. The highest BCUT2D eigenvalue weighted by Crippen LogP contribution is 2.34. The van der Waals surface area contributed by atoms with Gasteiger partial charge in [-0.05, 0) is 20.3 Å². The van der Waals surface area contributed by atoms with E-state index in [9.17, 15) is 0 Å². The number of aryl methyl sites for hydroxylation is 3. The molecule has 1 N–H and O–H groups in total. The first-order valence-corrected chi connectivity index (χ1v) is 8.31. The Morgan fingerprint density at radius 1 is 1.38 bits per heavy atom. The maximum Gasteiger partial charge on any atom is 0.0985 e. The predicted octanol–water partition coefficient (Wildman–Crippen LogP) is 4.22. The quantitative estimate of drug-likeness (QED) is 0.919. The van der Waals surface area contributed by atoms with Crippen molar-refractivity contribution in [3.63, 3.8) is 0 Å². The number of nitrogens with zero attached hydrogens (tertiary/aromatic N) is 3. The van der Waals surface area contributed by atoms with Crippen molar-refractivity contribution in [2.45, 2.75) is 59.4 Å². The summed E-state index contributed by atoms with van der Waals surface area (Å²) in [5, 5.41) is 9.28. The SMILES string of the molecule is CCc1nn(C)cc1NC(C)c1sc(C(C)(C)C)nc1C. The molecule has 0 fully saturated rings. The molecule has 0 bridgehead atoms. The molecule has 2 rings (SSSR count). The first-order chi connectivity index (χ1) is 9.72. The van der Waals surface area contributed by atoms with Crippen molar-refractivity contribution < 1.29 is 0 Å². The van der Waals surface area contributed by atoms with Crippen LogP contribution in [0.1, 0.15) is 61.9 Å². The highest BCUT2D eigenvalue weighted by molar-refractivity contribution is 7.12. The van der Waals surface area contributed by atoms with Crippen molar-refractivity contribution >= 4 is 17.0 Å². The van der Waals surface area contributed by atoms with Crippen LogP contribution >= 0.6 is 11.3 Å². The number of anilines is 1. The Labute approximate surface area is 131 Å². The van der Waals surface area contributed by atoms with Gasteiger partial charge in [-0.15, -0.1) is 11.3 Å². The molecular weight excluding hydrogens is 280 g/mol. The largest absolute Gasteiger partial charge is 0.375 e. The highest BCUT2D eigenvalue weighted by Gasteiger charge is 2.22. The molecule has 0 aromatic carbocycles. The van der Waals surface area contributed by atoms with Gasteiger partial charge in [-0.3, -0.25) is 4.68 Å². The lowest BCUT2D eigenvalue weighted by molar-refractivity contribution is 0.584. The Kier molecular flexibility index (Phi) is 4.42. The van der Waals surface area contributed by atoms with Gasteiger partial charge in [-0.2, -0.15) is 5.10 Å². The minimum atomic E-state index is 0.107. The van der Waals surface area contributed by atoms with Gasteiger partial charge < -0.3 is 5.32 Å². The van der Waals surface area contributed by atoms with Gasteiger partial charge >= 0.3 is 0 Å². The third-order valence-electron chi connectivity index (χ3n) is 3.48. The summed E-state index contributed by atoms with van der Waals surface area (Å²) >= 11 is 1.81. The van der Waals surface area contributed by atoms with Gasteiger partial charge in [0.25, 0.3) is 0 Å². The molecule has 0 amide bonds. The topological polar surface area (TPSA) is 42.7 Å². The third kappa shape index (κ3) is 3.46. The molecule has 2 aromatic heterocycles. The molecule has 2 aromatic rings. The van der Waals surface area contributed by atoms with Gasteiger partial charge in [-0.1, -0.05) is 27.7 Å². The lowest BCUT2D eigenvalue weighted by Crippen LogP contribution is -2.10. The highest BCUT2D eigenvalue weighted by atomic mass is 32.1. The molecule has 21 heavy (non-hydrogen) atoms. The summed E-state index contributed by atoms with van der Waals surface area (Å²) < 4.78 is 1.87. The van der Waals surface area contributed by atoms with Crippen LogP contribution in [0.5, 0.6) is 0 Å². The Hall–Kier alpha value is -1.36. The van der Waals surface area contributed by atoms with E-state index >= 15 is 0 Å². The average molecular weight is 306 g/mol. The molecule has 0 aliphatic rings. The summed E-state index contributed by atoms with van der Waals surface area (Å²) in [6, 6.07) is 0.244. The fourth-order valence-electron chi connectivity index (χ4n) is 2.35. The molecule has 0 spiro atoms. The van der Waals surface area contributed by atoms with Crippen molar-refractivity contribution in [2.24, 2.45) is 7.05 Å². The van der Waals surface area contributed by atoms with Crippen LogP contribution in [0, 0.1) is 6.92 Å². The summed E-state index contributed by atoms with van der Waals surface area (Å²) in [5.74, 6) is 0. The Bertz CT molecular complexity index is 619. The summed E-state index contributed by atoms with van der Waals surface area (Å²) in [5.41, 5.74) is 3.48. The maximum atomic E-state index is 4.75. The van der Waals surface area contributed by atoms with Gasteiger partial charge in [0.1, 0.15) is 0 Å². The van der Waals surface area contributed by atoms with Gasteiger partial charge in [0, 0.05) is 23.5 Å². The summed E-state index contributed by atoms with van der Waals surface area (Å²) in [6.45, 7) is 13.1. The zero-order valence-corrected chi connectivity index (χ0v) is 14.9. The molecule has 2 heterocycles. The third-order valence-corrected chi connectivity index (χ3v) is 5.25. The number of hydrogen-bond acceptors (Lipinski definition) is 4. The van der Waals surface area contributed by atoms with Crippen LogP contribution in [0.15, 0.2) is 6.20 Å². The Balaban J connectivity index is 2.24. The zero-order valence-electron chi connectivity index (χ0n) is 14.1. The minimum absolute atomic E-state index is 0.107. The van der Waals surface area contributed by atoms with Crippen molar-refractivity contribution in [3.8, 4) is 0 Å². The average Bonchev–Trinajstić information content (AvgIpc) is 2.91. The number of thiazole rings is 1. The van der Waals surface area contributed by atoms with Crippen LogP contribution in [-0.4, -0.2) is 14.8 Å². The van der Waals surface area contributed by atoms with E-state index in [1.54, 1.807) is 0 Å². The Morgan fingerprint density at radius 3 is 2.57 bits per heavy atom. The lowest BCUT2D eigenvalue weighted by atomic mass is 9.98. The molecule has 0 saturated heterocycles. The lowest BCUT2D eigenvalue weighted by Gasteiger charge is -2.15. The van der Waals surface area contributed by atoms with E-state index < -0.39 is 0 Å². The predicted molar refractivity (Wildman–Crippen MR) is 90.2 cm³/mol. The van der Waals surface area contributed by atoms with E-state index in [-0.39, 0.29) is 11.5 Å². The second kappa shape index (κ2) is 5.79. The van der Waals surface area contributed by atoms with Crippen LogP contribution < -0.4 is 5.32 Å². The van der Waals surface area contributed by atoms with Crippen LogP contribution in [0.3, 0.4) is 0 Å². The zero-order chi connectivity index (χ0) is 15.8. The summed E-state index contributed by atoms with van der Waals surface area (Å²) in [7, 11) is 1.96. The first kappa shape index (κ1) is 16.0. The van der Waals surface area contributed by atoms with Gasteiger partial charge in [0.15, 0.2) is 0 Å². The van der Waals surface area contributed by atoms with Crippen LogP contribution in [-0.2, 0) is 18.9 Å². The minimum Gasteiger partial charge on any atom is -0.375 e. The molecule has 1 unspecified atom stereocenters. The fourth-order valence-corrected chi connectivity index (χ4v) is 3.47. The van der Waals surface area contributed by atoms with Crippen molar-refractivity contribution in [2.75, 3.05) is 5.32 Å². The monoisotopic (exact) mass is 306 g/mol. The van der Waals surface area contributed by atoms with E-state index in [4.69, 9.17) is 4.98 Å². The molecule has 0 saturated carbocycles. The van der Waals surface area contributed by atoms with E-state index in [1.807, 2.05) is 23.1 Å². The van der Waals surface area contributed by atoms with Gasteiger partial charge in [0.05, 0.1) is 28.1 Å². The molecule has 4 nitrogen and oxygen atoms in total. The fraction of sp³-hybridized carbons (Fsp3) is 0.625. The van der Waals surface area contributed by atoms with Crippen LogP contribution in [0.25, 0.3) is 0 Å². The maximum absolute atomic E-state index is 4.75. The van der Waals surface area contributed by atoms with Gasteiger partial charge in [0.2, 0.25) is 0 Å². The molecule has 0 aliphatic heterocycles. The second-order valence-electron chi connectivity index (χ2n) is 6.60. The first-order valence-electron chi connectivity index (χ1n) is 7.49. The van der Waals surface area contributed by atoms with Crippen molar-refractivity contribution in [3.05, 3.63) is 27.5 Å². The molecule has 0 aliphatic carbocycles. The standard InChI is InChI=1S/C16H26N4S/c1-8-12-13(9-20(7)19-12)17-10(2)14-11(3)18-15(21-14)16(4,5)6/h9-10,17H,8H2,1-7H3. The number of rotatable bonds is 4. The van der Waals surface area contributed by atoms with Crippen molar-refractivity contribution in [1.82, 2.24) is 14.8 Å². The number of nitrogens with one attached hydrogen (secondary N) is 1. The van der Waals surface area contributed by atoms with Crippen LogP contribution in [0.2, 0.25) is 0 Å². The Morgan fingerprint density at radius 2 is 2.05 bits per heavy atom. The molecule has 0 radical (unpaired) electrons. The van der Waals surface area contributed by atoms with Crippen LogP contribution in [0.4, 0.5) is 5.69 Å². The summed E-state index contributed by atoms with van der Waals surface area (Å²) in [4.78, 5) is 6.06. The smallest absolute Gasteiger partial charge is 0.0985 e. The van der Waals surface area contributed by atoms with E-state index in [0.29, 0.717) is 0 Å². The van der Waals surface area contributed by atoms with E-state index in [2.05, 4.69) is 58.2 Å². The molecular formula is C16H26N4S. The molecule has 5 heteroatoms.